The minimum absolute atomic E-state index is 0.125. The number of ether oxygens (including phenoxy) is 1. The van der Waals surface area contributed by atoms with E-state index in [4.69, 9.17) is 4.74 Å². The normalized spacial score (nSPS) is 15.9. The van der Waals surface area contributed by atoms with Crippen LogP contribution in [0.2, 0.25) is 0 Å². The molecule has 5 nitrogen and oxygen atoms in total. The summed E-state index contributed by atoms with van der Waals surface area (Å²) < 4.78 is 5.92. The first-order valence-corrected chi connectivity index (χ1v) is 9.44. The molecule has 0 radical (unpaired) electrons. The summed E-state index contributed by atoms with van der Waals surface area (Å²) in [6.45, 7) is 3.03. The van der Waals surface area contributed by atoms with Gasteiger partial charge in [-0.15, -0.1) is 0 Å². The van der Waals surface area contributed by atoms with Crippen LogP contribution in [0.25, 0.3) is 21.9 Å². The number of aliphatic hydroxyl groups excluding tert-OH is 1. The molecule has 1 unspecified atom stereocenters. The molecule has 1 aliphatic heterocycles. The second kappa shape index (κ2) is 7.94. The molecule has 1 atom stereocenters. The maximum atomic E-state index is 11.4. The van der Waals surface area contributed by atoms with Crippen LogP contribution in [0.3, 0.4) is 0 Å². The van der Waals surface area contributed by atoms with E-state index >= 15 is 0 Å². The van der Waals surface area contributed by atoms with Crippen molar-refractivity contribution in [2.75, 3.05) is 26.2 Å². The number of H-pyrrole nitrogens is 1. The molecule has 4 rings (SSSR count). The topological polar surface area (TPSA) is 65.6 Å². The Kier molecular flexibility index (Phi) is 5.23. The Balaban J connectivity index is 1.57. The fourth-order valence-corrected chi connectivity index (χ4v) is 3.69. The number of nitrogens with one attached hydrogen (secondary N) is 1. The molecule has 2 heterocycles. The minimum atomic E-state index is -0.508. The Labute approximate surface area is 158 Å². The van der Waals surface area contributed by atoms with Gasteiger partial charge in [0, 0.05) is 18.8 Å². The number of hydrogen-bond donors (Lipinski definition) is 2. The van der Waals surface area contributed by atoms with Crippen molar-refractivity contribution in [1.82, 2.24) is 9.88 Å². The van der Waals surface area contributed by atoms with Crippen LogP contribution in [-0.2, 0) is 0 Å². The predicted octanol–water partition coefficient (Wildman–Crippen LogP) is 3.03. The van der Waals surface area contributed by atoms with Gasteiger partial charge in [0.1, 0.15) is 18.5 Å². The molecule has 1 aromatic heterocycles. The molecule has 0 bridgehead atoms. The molecule has 0 aliphatic carbocycles. The highest BCUT2D eigenvalue weighted by Gasteiger charge is 2.16. The number of likely N-dealkylation sites (tertiary alicyclic amines) is 1. The quantitative estimate of drug-likeness (QED) is 0.706. The Bertz CT molecular complexity index is 956. The predicted molar refractivity (Wildman–Crippen MR) is 107 cm³/mol. The zero-order valence-corrected chi connectivity index (χ0v) is 15.2. The van der Waals surface area contributed by atoms with Gasteiger partial charge in [-0.3, -0.25) is 4.79 Å². The summed E-state index contributed by atoms with van der Waals surface area (Å²) >= 11 is 0. The number of hydrogen-bond acceptors (Lipinski definition) is 4. The third-order valence-electron chi connectivity index (χ3n) is 5.04. The number of benzene rings is 2. The molecule has 0 amide bonds. The van der Waals surface area contributed by atoms with E-state index in [-0.39, 0.29) is 12.2 Å². The fraction of sp³-hybridized carbons (Fsp3) is 0.318. The van der Waals surface area contributed by atoms with Crippen LogP contribution in [0.15, 0.2) is 59.5 Å². The second-order valence-corrected chi connectivity index (χ2v) is 7.11. The average molecular weight is 364 g/mol. The van der Waals surface area contributed by atoms with Crippen molar-refractivity contribution in [1.29, 1.82) is 0 Å². The lowest BCUT2D eigenvalue weighted by molar-refractivity contribution is 0.0759. The van der Waals surface area contributed by atoms with Gasteiger partial charge in [0.15, 0.2) is 0 Å². The smallest absolute Gasteiger partial charge is 0.247 e. The van der Waals surface area contributed by atoms with Gasteiger partial charge in [-0.05, 0) is 66.0 Å². The van der Waals surface area contributed by atoms with Gasteiger partial charge in [0.25, 0.3) is 0 Å². The van der Waals surface area contributed by atoms with E-state index in [9.17, 15) is 9.90 Å². The number of aromatic nitrogens is 1. The van der Waals surface area contributed by atoms with E-state index in [1.54, 1.807) is 6.20 Å². The van der Waals surface area contributed by atoms with Crippen molar-refractivity contribution in [3.8, 4) is 16.9 Å². The van der Waals surface area contributed by atoms with Crippen molar-refractivity contribution in [2.45, 2.75) is 18.9 Å². The second-order valence-electron chi connectivity index (χ2n) is 7.11. The molecule has 0 saturated carbocycles. The van der Waals surface area contributed by atoms with Gasteiger partial charge in [-0.2, -0.15) is 0 Å². The molecule has 3 aromatic rings. The third kappa shape index (κ3) is 4.21. The summed E-state index contributed by atoms with van der Waals surface area (Å²) in [4.78, 5) is 16.4. The Morgan fingerprint density at radius 3 is 2.70 bits per heavy atom. The van der Waals surface area contributed by atoms with E-state index < -0.39 is 6.10 Å². The van der Waals surface area contributed by atoms with Crippen molar-refractivity contribution < 1.29 is 9.84 Å². The molecular weight excluding hydrogens is 340 g/mol. The number of aromatic amines is 1. The first-order valence-electron chi connectivity index (χ1n) is 9.44. The van der Waals surface area contributed by atoms with E-state index in [0.29, 0.717) is 6.54 Å². The number of rotatable bonds is 6. The Morgan fingerprint density at radius 2 is 1.93 bits per heavy atom. The van der Waals surface area contributed by atoms with Crippen molar-refractivity contribution in [2.24, 2.45) is 0 Å². The molecule has 27 heavy (non-hydrogen) atoms. The maximum Gasteiger partial charge on any atom is 0.247 e. The lowest BCUT2D eigenvalue weighted by Gasteiger charge is -2.20. The highest BCUT2D eigenvalue weighted by atomic mass is 16.5. The van der Waals surface area contributed by atoms with Crippen molar-refractivity contribution in [3.05, 3.63) is 65.1 Å². The lowest BCUT2D eigenvalue weighted by Crippen LogP contribution is -2.33. The summed E-state index contributed by atoms with van der Waals surface area (Å²) in [7, 11) is 0. The van der Waals surface area contributed by atoms with Crippen LogP contribution >= 0.6 is 0 Å². The number of aliphatic hydroxyl groups is 1. The van der Waals surface area contributed by atoms with Gasteiger partial charge in [0.2, 0.25) is 5.56 Å². The van der Waals surface area contributed by atoms with Crippen molar-refractivity contribution >= 4 is 10.8 Å². The molecular formula is C22H24N2O3. The summed E-state index contributed by atoms with van der Waals surface area (Å²) in [5.41, 5.74) is 1.79. The zero-order valence-electron chi connectivity index (χ0n) is 15.2. The van der Waals surface area contributed by atoms with E-state index in [0.717, 1.165) is 40.7 Å². The van der Waals surface area contributed by atoms with Gasteiger partial charge in [-0.25, -0.2) is 0 Å². The third-order valence-corrected chi connectivity index (χ3v) is 5.04. The van der Waals surface area contributed by atoms with Crippen LogP contribution in [-0.4, -0.2) is 47.3 Å². The largest absolute Gasteiger partial charge is 0.491 e. The molecule has 1 saturated heterocycles. The molecule has 5 heteroatoms. The minimum Gasteiger partial charge on any atom is -0.491 e. The monoisotopic (exact) mass is 364 g/mol. The van der Waals surface area contributed by atoms with Crippen LogP contribution in [0.5, 0.6) is 5.75 Å². The summed E-state index contributed by atoms with van der Waals surface area (Å²) in [5, 5.41) is 12.4. The zero-order chi connectivity index (χ0) is 18.6. The first kappa shape index (κ1) is 17.8. The number of pyridine rings is 1. The van der Waals surface area contributed by atoms with Crippen LogP contribution < -0.4 is 10.3 Å². The molecule has 1 aliphatic rings. The van der Waals surface area contributed by atoms with Gasteiger partial charge >= 0.3 is 0 Å². The Hall–Kier alpha value is -2.63. The standard InChI is InChI=1S/C22H24N2O3/c25-18(14-24-9-3-4-10-24)15-27-19-11-16-5-1-2-6-20(16)21(12-19)17-7-8-22(26)23-13-17/h1-2,5-8,11-13,18,25H,3-4,9-10,14-15H2,(H,23,26). The summed E-state index contributed by atoms with van der Waals surface area (Å²) in [6, 6.07) is 15.4. The highest BCUT2D eigenvalue weighted by Crippen LogP contribution is 2.32. The van der Waals surface area contributed by atoms with Crippen LogP contribution in [0, 0.1) is 0 Å². The molecule has 140 valence electrons. The number of fused-ring (bicyclic) bond motifs is 1. The molecule has 0 spiro atoms. The van der Waals surface area contributed by atoms with Crippen molar-refractivity contribution in [3.63, 3.8) is 0 Å². The first-order chi connectivity index (χ1) is 13.2. The Morgan fingerprint density at radius 1 is 1.11 bits per heavy atom. The number of β-amino-alcohol motifs (C(OH)–C–C–N with tert-alkyl or cyclic N) is 1. The molecule has 1 fully saturated rings. The van der Waals surface area contributed by atoms with E-state index in [1.165, 1.54) is 18.9 Å². The molecule has 2 aromatic carbocycles. The van der Waals surface area contributed by atoms with E-state index in [1.807, 2.05) is 36.4 Å². The fourth-order valence-electron chi connectivity index (χ4n) is 3.69. The van der Waals surface area contributed by atoms with Gasteiger partial charge < -0.3 is 19.7 Å². The highest BCUT2D eigenvalue weighted by molar-refractivity contribution is 5.97. The average Bonchev–Trinajstić information content (AvgIpc) is 3.19. The summed E-state index contributed by atoms with van der Waals surface area (Å²) in [6.07, 6.45) is 3.63. The molecule has 2 N–H and O–H groups in total. The van der Waals surface area contributed by atoms with Gasteiger partial charge in [0.05, 0.1) is 0 Å². The summed E-state index contributed by atoms with van der Waals surface area (Å²) in [5.74, 6) is 0.718. The van der Waals surface area contributed by atoms with Crippen LogP contribution in [0.4, 0.5) is 0 Å². The van der Waals surface area contributed by atoms with E-state index in [2.05, 4.69) is 16.0 Å². The lowest BCUT2D eigenvalue weighted by atomic mass is 9.99. The van der Waals surface area contributed by atoms with Crippen LogP contribution in [0.1, 0.15) is 12.8 Å². The maximum absolute atomic E-state index is 11.4. The SMILES string of the molecule is O=c1ccc(-c2cc(OCC(O)CN3CCCC3)cc3ccccc23)c[nH]1. The van der Waals surface area contributed by atoms with Gasteiger partial charge in [-0.1, -0.05) is 24.3 Å². The number of nitrogens with zero attached hydrogens (tertiary/aromatic N) is 1.